The SMILES string of the molecule is O=C(NCCCc1nc2ccc(Cl)cc2[nH]1)c1ccccc1-n1cnnc1. The number of para-hydroxylation sites is 1. The van der Waals surface area contributed by atoms with E-state index in [0.29, 0.717) is 17.1 Å². The molecule has 2 aromatic heterocycles. The van der Waals surface area contributed by atoms with Crippen molar-refractivity contribution < 1.29 is 4.79 Å². The summed E-state index contributed by atoms with van der Waals surface area (Å²) in [6, 6.07) is 12.9. The number of amides is 1. The molecule has 0 aliphatic heterocycles. The number of benzene rings is 2. The van der Waals surface area contributed by atoms with Crippen LogP contribution in [0.15, 0.2) is 55.1 Å². The standard InChI is InChI=1S/C19H17ClN6O/c20-13-7-8-15-16(10-13)25-18(24-15)6-3-9-21-19(27)14-4-1-2-5-17(14)26-11-22-23-12-26/h1-2,4-5,7-8,10-12H,3,6,9H2,(H,21,27)(H,24,25). The second-order valence-corrected chi connectivity index (χ2v) is 6.53. The number of nitrogens with one attached hydrogen (secondary N) is 2. The molecule has 4 rings (SSSR count). The minimum absolute atomic E-state index is 0.129. The Hall–Kier alpha value is -3.19. The van der Waals surface area contributed by atoms with Crippen LogP contribution in [0, 0.1) is 0 Å². The fourth-order valence-corrected chi connectivity index (χ4v) is 3.09. The Morgan fingerprint density at radius 2 is 1.96 bits per heavy atom. The summed E-state index contributed by atoms with van der Waals surface area (Å²) in [6.07, 6.45) is 4.65. The van der Waals surface area contributed by atoms with Gasteiger partial charge in [0.25, 0.3) is 5.91 Å². The van der Waals surface area contributed by atoms with Crippen molar-refractivity contribution in [3.63, 3.8) is 0 Å². The highest BCUT2D eigenvalue weighted by Gasteiger charge is 2.12. The second kappa shape index (κ2) is 7.59. The monoisotopic (exact) mass is 380 g/mol. The molecule has 136 valence electrons. The van der Waals surface area contributed by atoms with Crippen LogP contribution in [-0.2, 0) is 6.42 Å². The Kier molecular flexibility index (Phi) is 4.84. The highest BCUT2D eigenvalue weighted by Crippen LogP contribution is 2.17. The molecule has 4 aromatic rings. The van der Waals surface area contributed by atoms with Gasteiger partial charge < -0.3 is 10.3 Å². The van der Waals surface area contributed by atoms with Crippen molar-refractivity contribution in [3.05, 3.63) is 71.5 Å². The maximum atomic E-state index is 12.5. The van der Waals surface area contributed by atoms with Gasteiger partial charge in [-0.15, -0.1) is 10.2 Å². The van der Waals surface area contributed by atoms with Gasteiger partial charge in [-0.05, 0) is 36.8 Å². The lowest BCUT2D eigenvalue weighted by atomic mass is 10.1. The Morgan fingerprint density at radius 3 is 2.81 bits per heavy atom. The molecule has 0 bridgehead atoms. The summed E-state index contributed by atoms with van der Waals surface area (Å²) < 4.78 is 1.72. The molecule has 0 unspecified atom stereocenters. The molecule has 0 radical (unpaired) electrons. The number of carbonyl (C=O) groups is 1. The molecule has 8 heteroatoms. The molecule has 0 saturated heterocycles. The van der Waals surface area contributed by atoms with E-state index in [0.717, 1.165) is 35.4 Å². The predicted octanol–water partition coefficient (Wildman–Crippen LogP) is 3.16. The Morgan fingerprint density at radius 1 is 1.15 bits per heavy atom. The molecular formula is C19H17ClN6O. The second-order valence-electron chi connectivity index (χ2n) is 6.09. The van der Waals surface area contributed by atoms with Crippen molar-refractivity contribution >= 4 is 28.5 Å². The third-order valence-electron chi connectivity index (χ3n) is 4.21. The minimum Gasteiger partial charge on any atom is -0.352 e. The van der Waals surface area contributed by atoms with Gasteiger partial charge in [0, 0.05) is 18.0 Å². The van der Waals surface area contributed by atoms with Crippen LogP contribution in [0.3, 0.4) is 0 Å². The van der Waals surface area contributed by atoms with Crippen molar-refractivity contribution in [1.29, 1.82) is 0 Å². The molecule has 7 nitrogen and oxygen atoms in total. The summed E-state index contributed by atoms with van der Waals surface area (Å²) in [6.45, 7) is 0.549. The van der Waals surface area contributed by atoms with Gasteiger partial charge in [0.1, 0.15) is 18.5 Å². The summed E-state index contributed by atoms with van der Waals surface area (Å²) in [5.74, 6) is 0.752. The lowest BCUT2D eigenvalue weighted by Crippen LogP contribution is -2.26. The van der Waals surface area contributed by atoms with Crippen LogP contribution >= 0.6 is 11.6 Å². The first-order valence-electron chi connectivity index (χ1n) is 8.57. The number of aryl methyl sites for hydroxylation is 1. The molecule has 0 atom stereocenters. The molecule has 0 aliphatic carbocycles. The number of fused-ring (bicyclic) bond motifs is 1. The largest absolute Gasteiger partial charge is 0.352 e. The molecule has 0 saturated carbocycles. The first-order chi connectivity index (χ1) is 13.2. The predicted molar refractivity (Wildman–Crippen MR) is 103 cm³/mol. The van der Waals surface area contributed by atoms with Gasteiger partial charge in [0.15, 0.2) is 0 Å². The van der Waals surface area contributed by atoms with Gasteiger partial charge in [-0.3, -0.25) is 9.36 Å². The number of imidazole rings is 1. The number of hydrogen-bond donors (Lipinski definition) is 2. The van der Waals surface area contributed by atoms with E-state index in [1.54, 1.807) is 23.3 Å². The average molecular weight is 381 g/mol. The van der Waals surface area contributed by atoms with Crippen LogP contribution in [0.5, 0.6) is 0 Å². The smallest absolute Gasteiger partial charge is 0.253 e. The number of rotatable bonds is 6. The maximum Gasteiger partial charge on any atom is 0.253 e. The van der Waals surface area contributed by atoms with E-state index in [2.05, 4.69) is 25.5 Å². The fraction of sp³-hybridized carbons (Fsp3) is 0.158. The van der Waals surface area contributed by atoms with Crippen molar-refractivity contribution in [1.82, 2.24) is 30.0 Å². The lowest BCUT2D eigenvalue weighted by molar-refractivity contribution is 0.0953. The lowest BCUT2D eigenvalue weighted by Gasteiger charge is -2.10. The van der Waals surface area contributed by atoms with Crippen molar-refractivity contribution in [2.24, 2.45) is 0 Å². The van der Waals surface area contributed by atoms with Gasteiger partial charge in [-0.2, -0.15) is 0 Å². The van der Waals surface area contributed by atoms with Crippen LogP contribution < -0.4 is 5.32 Å². The normalized spacial score (nSPS) is 11.0. The van der Waals surface area contributed by atoms with Gasteiger partial charge >= 0.3 is 0 Å². The summed E-state index contributed by atoms with van der Waals surface area (Å²) in [5.41, 5.74) is 3.13. The molecule has 1 amide bonds. The van der Waals surface area contributed by atoms with E-state index in [1.165, 1.54) is 0 Å². The molecule has 0 fully saturated rings. The number of nitrogens with zero attached hydrogens (tertiary/aromatic N) is 4. The van der Waals surface area contributed by atoms with Gasteiger partial charge in [0.05, 0.1) is 22.3 Å². The Balaban J connectivity index is 1.36. The molecule has 0 spiro atoms. The Bertz CT molecular complexity index is 1070. The van der Waals surface area contributed by atoms with Crippen molar-refractivity contribution in [2.75, 3.05) is 6.54 Å². The number of aromatic nitrogens is 5. The fourth-order valence-electron chi connectivity index (χ4n) is 2.92. The van der Waals surface area contributed by atoms with Crippen molar-refractivity contribution in [3.8, 4) is 5.69 Å². The quantitative estimate of drug-likeness (QED) is 0.503. The number of aromatic amines is 1. The van der Waals surface area contributed by atoms with E-state index >= 15 is 0 Å². The third-order valence-corrected chi connectivity index (χ3v) is 4.45. The minimum atomic E-state index is -0.129. The molecule has 2 N–H and O–H groups in total. The average Bonchev–Trinajstić information content (AvgIpc) is 3.34. The van der Waals surface area contributed by atoms with Gasteiger partial charge in [-0.1, -0.05) is 23.7 Å². The zero-order valence-electron chi connectivity index (χ0n) is 14.4. The number of carbonyl (C=O) groups excluding carboxylic acids is 1. The molecule has 2 aromatic carbocycles. The van der Waals surface area contributed by atoms with Crippen LogP contribution in [0.4, 0.5) is 0 Å². The van der Waals surface area contributed by atoms with Gasteiger partial charge in [-0.25, -0.2) is 4.98 Å². The van der Waals surface area contributed by atoms with E-state index in [-0.39, 0.29) is 5.91 Å². The van der Waals surface area contributed by atoms with Crippen LogP contribution in [0.2, 0.25) is 5.02 Å². The van der Waals surface area contributed by atoms with Crippen molar-refractivity contribution in [2.45, 2.75) is 12.8 Å². The van der Waals surface area contributed by atoms with E-state index < -0.39 is 0 Å². The molecule has 0 aliphatic rings. The van der Waals surface area contributed by atoms with Gasteiger partial charge in [0.2, 0.25) is 0 Å². The molecule has 27 heavy (non-hydrogen) atoms. The van der Waals surface area contributed by atoms with Crippen LogP contribution in [0.1, 0.15) is 22.6 Å². The third kappa shape index (κ3) is 3.83. The number of H-pyrrole nitrogens is 1. The molecular weight excluding hydrogens is 364 g/mol. The van der Waals surface area contributed by atoms with E-state index in [1.807, 2.05) is 36.4 Å². The van der Waals surface area contributed by atoms with E-state index in [4.69, 9.17) is 11.6 Å². The van der Waals surface area contributed by atoms with E-state index in [9.17, 15) is 4.79 Å². The first-order valence-corrected chi connectivity index (χ1v) is 8.95. The zero-order chi connectivity index (χ0) is 18.6. The zero-order valence-corrected chi connectivity index (χ0v) is 15.1. The summed E-state index contributed by atoms with van der Waals surface area (Å²) in [7, 11) is 0. The summed E-state index contributed by atoms with van der Waals surface area (Å²) in [5, 5.41) is 11.2. The highest BCUT2D eigenvalue weighted by atomic mass is 35.5. The number of hydrogen-bond acceptors (Lipinski definition) is 4. The molecule has 2 heterocycles. The topological polar surface area (TPSA) is 88.5 Å². The maximum absolute atomic E-state index is 12.5. The summed E-state index contributed by atoms with van der Waals surface area (Å²) >= 11 is 5.99. The highest BCUT2D eigenvalue weighted by molar-refractivity contribution is 6.31. The number of halogens is 1. The van der Waals surface area contributed by atoms with Crippen LogP contribution in [0.25, 0.3) is 16.7 Å². The Labute approximate surface area is 160 Å². The first kappa shape index (κ1) is 17.2. The van der Waals surface area contributed by atoms with Crippen LogP contribution in [-0.4, -0.2) is 37.2 Å². The summed E-state index contributed by atoms with van der Waals surface area (Å²) in [4.78, 5) is 20.3.